The van der Waals surface area contributed by atoms with Crippen molar-refractivity contribution in [2.24, 2.45) is 5.73 Å². The zero-order valence-electron chi connectivity index (χ0n) is 15.3. The Kier molecular flexibility index (Phi) is 4.38. The normalized spacial score (nSPS) is 17.7. The van der Waals surface area contributed by atoms with Crippen LogP contribution < -0.4 is 21.3 Å². The van der Waals surface area contributed by atoms with Gasteiger partial charge in [0.1, 0.15) is 17.7 Å². The van der Waals surface area contributed by atoms with Crippen molar-refractivity contribution in [1.82, 2.24) is 5.32 Å². The number of nitrogens with one attached hydrogen (secondary N) is 2. The standard InChI is InChI=1S/C21H19N5O2/c1-2-28-21(27)18-20-25-17(13-8-4-3-5-9-13)14(12-22)19(23)26(20)16-11-7-6-10-15(16)24-18/h3-11,17,24-25H,2,23H2,1H3. The van der Waals surface area contributed by atoms with E-state index in [9.17, 15) is 10.1 Å². The van der Waals surface area contributed by atoms with Crippen molar-refractivity contribution in [3.63, 3.8) is 0 Å². The number of nitrogens with two attached hydrogens (primary N) is 1. The second-order valence-electron chi connectivity index (χ2n) is 6.32. The predicted molar refractivity (Wildman–Crippen MR) is 105 cm³/mol. The minimum atomic E-state index is -0.496. The Balaban J connectivity index is 1.93. The van der Waals surface area contributed by atoms with Crippen LogP contribution in [0, 0.1) is 11.3 Å². The number of carbonyl (C=O) groups excluding carboxylic acids is 1. The van der Waals surface area contributed by atoms with Gasteiger partial charge < -0.3 is 21.1 Å². The zero-order chi connectivity index (χ0) is 19.7. The number of benzene rings is 2. The van der Waals surface area contributed by atoms with Gasteiger partial charge in [0, 0.05) is 0 Å². The van der Waals surface area contributed by atoms with Crippen LogP contribution >= 0.6 is 0 Å². The van der Waals surface area contributed by atoms with E-state index in [0.717, 1.165) is 11.3 Å². The zero-order valence-corrected chi connectivity index (χ0v) is 15.3. The molecule has 7 nitrogen and oxygen atoms in total. The lowest BCUT2D eigenvalue weighted by Crippen LogP contribution is -2.47. The number of ether oxygens (including phenoxy) is 1. The third kappa shape index (κ3) is 2.72. The van der Waals surface area contributed by atoms with Gasteiger partial charge in [-0.05, 0) is 24.6 Å². The van der Waals surface area contributed by atoms with Crippen molar-refractivity contribution in [2.75, 3.05) is 16.8 Å². The van der Waals surface area contributed by atoms with Crippen LogP contribution in [0.1, 0.15) is 18.5 Å². The lowest BCUT2D eigenvalue weighted by atomic mass is 9.96. The largest absolute Gasteiger partial charge is 0.461 e. The summed E-state index contributed by atoms with van der Waals surface area (Å²) in [6.45, 7) is 2.00. The van der Waals surface area contributed by atoms with Crippen molar-refractivity contribution in [2.45, 2.75) is 13.0 Å². The molecule has 0 saturated heterocycles. The summed E-state index contributed by atoms with van der Waals surface area (Å²) in [5, 5.41) is 16.3. The molecule has 0 fully saturated rings. The first-order chi connectivity index (χ1) is 13.7. The van der Waals surface area contributed by atoms with Crippen molar-refractivity contribution in [1.29, 1.82) is 5.26 Å². The quantitative estimate of drug-likeness (QED) is 0.711. The van der Waals surface area contributed by atoms with Gasteiger partial charge in [-0.2, -0.15) is 5.26 Å². The van der Waals surface area contributed by atoms with Crippen LogP contribution in [-0.2, 0) is 9.53 Å². The molecule has 1 atom stereocenters. The highest BCUT2D eigenvalue weighted by atomic mass is 16.5. The van der Waals surface area contributed by atoms with E-state index in [4.69, 9.17) is 10.5 Å². The lowest BCUT2D eigenvalue weighted by Gasteiger charge is -2.41. The molecule has 0 aromatic heterocycles. The Bertz CT molecular complexity index is 1040. The Labute approximate surface area is 162 Å². The van der Waals surface area contributed by atoms with Gasteiger partial charge in [0.2, 0.25) is 0 Å². The van der Waals surface area contributed by atoms with Crippen LogP contribution in [0.25, 0.3) is 0 Å². The van der Waals surface area contributed by atoms with E-state index in [0.29, 0.717) is 17.1 Å². The fraction of sp³-hybridized carbons (Fsp3) is 0.143. The monoisotopic (exact) mass is 373 g/mol. The summed E-state index contributed by atoms with van der Waals surface area (Å²) in [5.41, 5.74) is 9.41. The molecule has 0 amide bonds. The van der Waals surface area contributed by atoms with Crippen LogP contribution in [0.15, 0.2) is 77.5 Å². The number of nitrogens with zero attached hydrogens (tertiary/aromatic N) is 2. The lowest BCUT2D eigenvalue weighted by molar-refractivity contribution is -0.138. The molecule has 2 aliphatic rings. The first-order valence-electron chi connectivity index (χ1n) is 8.94. The average Bonchev–Trinajstić information content (AvgIpc) is 2.73. The van der Waals surface area contributed by atoms with Crippen LogP contribution in [0.5, 0.6) is 0 Å². The summed E-state index contributed by atoms with van der Waals surface area (Å²) < 4.78 is 5.23. The first-order valence-corrected chi connectivity index (χ1v) is 8.94. The summed E-state index contributed by atoms with van der Waals surface area (Å²) in [4.78, 5) is 14.3. The van der Waals surface area contributed by atoms with E-state index in [1.54, 1.807) is 11.8 Å². The highest BCUT2D eigenvalue weighted by Crippen LogP contribution is 2.41. The Morgan fingerprint density at radius 2 is 1.93 bits per heavy atom. The summed E-state index contributed by atoms with van der Waals surface area (Å²) in [7, 11) is 0. The summed E-state index contributed by atoms with van der Waals surface area (Å²) in [5.74, 6) is 0.243. The first kappa shape index (κ1) is 17.5. The molecule has 2 aromatic carbocycles. The molecule has 0 spiro atoms. The van der Waals surface area contributed by atoms with E-state index in [1.807, 2.05) is 54.6 Å². The summed E-state index contributed by atoms with van der Waals surface area (Å²) in [6.07, 6.45) is 0. The Hall–Kier alpha value is -3.92. The van der Waals surface area contributed by atoms with Gasteiger partial charge in [0.25, 0.3) is 0 Å². The second-order valence-corrected chi connectivity index (χ2v) is 6.32. The number of fused-ring (bicyclic) bond motifs is 3. The molecule has 2 heterocycles. The van der Waals surface area contributed by atoms with Crippen molar-refractivity contribution in [3.05, 3.63) is 83.1 Å². The van der Waals surface area contributed by atoms with E-state index in [1.165, 1.54) is 0 Å². The van der Waals surface area contributed by atoms with Gasteiger partial charge in [-0.25, -0.2) is 4.79 Å². The molecule has 2 aliphatic heterocycles. The number of rotatable bonds is 3. The number of esters is 1. The van der Waals surface area contributed by atoms with Gasteiger partial charge in [0.05, 0.1) is 29.6 Å². The smallest absolute Gasteiger partial charge is 0.358 e. The molecule has 0 radical (unpaired) electrons. The Morgan fingerprint density at radius 3 is 2.64 bits per heavy atom. The number of para-hydroxylation sites is 2. The fourth-order valence-corrected chi connectivity index (χ4v) is 3.43. The van der Waals surface area contributed by atoms with Crippen molar-refractivity contribution in [3.8, 4) is 6.07 Å². The van der Waals surface area contributed by atoms with E-state index in [-0.39, 0.29) is 18.1 Å². The molecular weight excluding hydrogens is 354 g/mol. The number of carbonyl (C=O) groups is 1. The van der Waals surface area contributed by atoms with E-state index < -0.39 is 12.0 Å². The number of anilines is 2. The molecule has 0 aliphatic carbocycles. The van der Waals surface area contributed by atoms with Gasteiger partial charge in [-0.3, -0.25) is 4.90 Å². The van der Waals surface area contributed by atoms with Gasteiger partial charge in [-0.1, -0.05) is 42.5 Å². The predicted octanol–water partition coefficient (Wildman–Crippen LogP) is 2.69. The van der Waals surface area contributed by atoms with Crippen molar-refractivity contribution < 1.29 is 9.53 Å². The maximum absolute atomic E-state index is 12.6. The van der Waals surface area contributed by atoms with E-state index in [2.05, 4.69) is 16.7 Å². The van der Waals surface area contributed by atoms with Crippen molar-refractivity contribution >= 4 is 17.3 Å². The molecule has 1 unspecified atom stereocenters. The molecular formula is C21H19N5O2. The molecule has 140 valence electrons. The molecule has 4 rings (SSSR count). The molecule has 7 heteroatoms. The molecule has 4 N–H and O–H groups in total. The average molecular weight is 373 g/mol. The maximum Gasteiger partial charge on any atom is 0.358 e. The van der Waals surface area contributed by atoms with Crippen LogP contribution in [0.3, 0.4) is 0 Å². The minimum absolute atomic E-state index is 0.246. The van der Waals surface area contributed by atoms with Gasteiger partial charge in [-0.15, -0.1) is 0 Å². The van der Waals surface area contributed by atoms with E-state index >= 15 is 0 Å². The molecule has 0 saturated carbocycles. The molecule has 0 bridgehead atoms. The van der Waals surface area contributed by atoms with Crippen LogP contribution in [0.4, 0.5) is 11.4 Å². The fourth-order valence-electron chi connectivity index (χ4n) is 3.43. The summed E-state index contributed by atoms with van der Waals surface area (Å²) >= 11 is 0. The van der Waals surface area contributed by atoms with Crippen LogP contribution in [0.2, 0.25) is 0 Å². The number of hydrogen-bond donors (Lipinski definition) is 3. The molecule has 2 aromatic rings. The third-order valence-corrected chi connectivity index (χ3v) is 4.68. The Morgan fingerprint density at radius 1 is 1.21 bits per heavy atom. The second kappa shape index (κ2) is 7.00. The van der Waals surface area contributed by atoms with Gasteiger partial charge in [0.15, 0.2) is 5.70 Å². The number of hydrogen-bond acceptors (Lipinski definition) is 7. The number of nitriles is 1. The van der Waals surface area contributed by atoms with Crippen LogP contribution in [-0.4, -0.2) is 12.6 Å². The summed E-state index contributed by atoms with van der Waals surface area (Å²) in [6, 6.07) is 18.7. The van der Waals surface area contributed by atoms with Gasteiger partial charge >= 0.3 is 5.97 Å². The minimum Gasteiger partial charge on any atom is -0.461 e. The topological polar surface area (TPSA) is 103 Å². The highest BCUT2D eigenvalue weighted by molar-refractivity contribution is 5.98. The third-order valence-electron chi connectivity index (χ3n) is 4.68. The maximum atomic E-state index is 12.6. The molecule has 28 heavy (non-hydrogen) atoms. The SMILES string of the molecule is CCOC(=O)C1=C2NC(c3ccccc3)C(C#N)=C(N)N2c2ccccc2N1. The highest BCUT2D eigenvalue weighted by Gasteiger charge is 2.38.